The van der Waals surface area contributed by atoms with E-state index in [1.54, 1.807) is 0 Å². The second kappa shape index (κ2) is 14.5. The standard InChI is InChI=1S/C22H43N2/c1-4-6-8-10-11-12-13-15-17-19-24-21-20-23(3)22(24)18-16-14-9-7-5-2/h20-21H,4-19H2,1-3H3/q+1. The predicted octanol–water partition coefficient (Wildman–Crippen LogP) is 6.36. The largest absolute Gasteiger partial charge is 0.256 e. The number of unbranched alkanes of at least 4 members (excludes halogenated alkanes) is 12. The predicted molar refractivity (Wildman–Crippen MR) is 105 cm³/mol. The maximum absolute atomic E-state index is 2.50. The third kappa shape index (κ3) is 9.49. The Morgan fingerprint density at radius 3 is 1.79 bits per heavy atom. The molecule has 0 spiro atoms. The lowest BCUT2D eigenvalue weighted by Gasteiger charge is -2.04. The van der Waals surface area contributed by atoms with E-state index < -0.39 is 0 Å². The van der Waals surface area contributed by atoms with Crippen molar-refractivity contribution in [3.05, 3.63) is 18.2 Å². The fourth-order valence-corrected chi connectivity index (χ4v) is 3.56. The van der Waals surface area contributed by atoms with Crippen LogP contribution in [0.3, 0.4) is 0 Å². The molecular formula is C22H43N2+. The van der Waals surface area contributed by atoms with Gasteiger partial charge in [-0.1, -0.05) is 84.5 Å². The lowest BCUT2D eigenvalue weighted by Crippen LogP contribution is -2.37. The molecule has 0 aliphatic rings. The van der Waals surface area contributed by atoms with E-state index in [-0.39, 0.29) is 0 Å². The second-order valence-electron chi connectivity index (χ2n) is 7.51. The molecule has 0 aliphatic heterocycles. The summed E-state index contributed by atoms with van der Waals surface area (Å²) in [6, 6.07) is 0. The Balaban J connectivity index is 2.12. The number of imidazole rings is 1. The van der Waals surface area contributed by atoms with Crippen LogP contribution in [-0.4, -0.2) is 4.57 Å². The molecule has 0 aromatic carbocycles. The van der Waals surface area contributed by atoms with Crippen LogP contribution in [0, 0.1) is 0 Å². The van der Waals surface area contributed by atoms with E-state index in [4.69, 9.17) is 0 Å². The summed E-state index contributed by atoms with van der Waals surface area (Å²) in [6.45, 7) is 5.79. The molecule has 0 fully saturated rings. The molecule has 0 atom stereocenters. The van der Waals surface area contributed by atoms with E-state index in [1.807, 2.05) is 0 Å². The Bertz CT molecular complexity index is 395. The van der Waals surface area contributed by atoms with Crippen molar-refractivity contribution in [1.82, 2.24) is 4.57 Å². The minimum atomic E-state index is 1.21. The van der Waals surface area contributed by atoms with Gasteiger partial charge in [0.25, 0.3) is 5.82 Å². The van der Waals surface area contributed by atoms with Crippen LogP contribution in [0.4, 0.5) is 0 Å². The summed E-state index contributed by atoms with van der Waals surface area (Å²) in [7, 11) is 2.20. The fraction of sp³-hybridized carbons (Fsp3) is 0.864. The van der Waals surface area contributed by atoms with Crippen LogP contribution in [0.25, 0.3) is 0 Å². The van der Waals surface area contributed by atoms with Crippen LogP contribution in [-0.2, 0) is 20.0 Å². The van der Waals surface area contributed by atoms with Crippen LogP contribution < -0.4 is 4.57 Å². The molecular weight excluding hydrogens is 292 g/mol. The number of hydrogen-bond acceptors (Lipinski definition) is 0. The van der Waals surface area contributed by atoms with Gasteiger partial charge in [-0.25, -0.2) is 9.13 Å². The molecule has 1 rings (SSSR count). The number of hydrogen-bond donors (Lipinski definition) is 0. The van der Waals surface area contributed by atoms with Gasteiger partial charge >= 0.3 is 0 Å². The van der Waals surface area contributed by atoms with Crippen molar-refractivity contribution in [2.24, 2.45) is 7.05 Å². The lowest BCUT2D eigenvalue weighted by atomic mass is 10.1. The molecule has 0 amide bonds. The molecule has 0 aliphatic carbocycles. The first-order valence-electron chi connectivity index (χ1n) is 10.8. The van der Waals surface area contributed by atoms with Gasteiger partial charge in [-0.05, 0) is 19.3 Å². The quantitative estimate of drug-likeness (QED) is 0.246. The van der Waals surface area contributed by atoms with E-state index in [9.17, 15) is 0 Å². The molecule has 0 unspecified atom stereocenters. The Hall–Kier alpha value is -0.790. The molecule has 1 aromatic heterocycles. The summed E-state index contributed by atoms with van der Waals surface area (Å²) >= 11 is 0. The second-order valence-corrected chi connectivity index (χ2v) is 7.51. The van der Waals surface area contributed by atoms with Gasteiger partial charge in [0, 0.05) is 6.42 Å². The van der Waals surface area contributed by atoms with Crippen LogP contribution in [0.2, 0.25) is 0 Å². The maximum Gasteiger partial charge on any atom is 0.256 e. The Morgan fingerprint density at radius 2 is 1.21 bits per heavy atom. The van der Waals surface area contributed by atoms with Gasteiger partial charge in [-0.3, -0.25) is 0 Å². The third-order valence-electron chi connectivity index (χ3n) is 5.22. The average molecular weight is 336 g/mol. The smallest absolute Gasteiger partial charge is 0.237 e. The van der Waals surface area contributed by atoms with E-state index in [1.165, 1.54) is 109 Å². The highest BCUT2D eigenvalue weighted by molar-refractivity contribution is 4.82. The Morgan fingerprint density at radius 1 is 0.708 bits per heavy atom. The van der Waals surface area contributed by atoms with Crippen molar-refractivity contribution < 1.29 is 4.57 Å². The van der Waals surface area contributed by atoms with E-state index >= 15 is 0 Å². The molecule has 0 saturated heterocycles. The lowest BCUT2D eigenvalue weighted by molar-refractivity contribution is -0.704. The summed E-state index contributed by atoms with van der Waals surface area (Å²) in [6.07, 6.45) is 25.3. The zero-order chi connectivity index (χ0) is 17.5. The van der Waals surface area contributed by atoms with Crippen molar-refractivity contribution in [2.75, 3.05) is 0 Å². The van der Waals surface area contributed by atoms with Crippen molar-refractivity contribution in [3.8, 4) is 0 Å². The van der Waals surface area contributed by atoms with Gasteiger partial charge in [0.1, 0.15) is 12.4 Å². The third-order valence-corrected chi connectivity index (χ3v) is 5.22. The van der Waals surface area contributed by atoms with Crippen molar-refractivity contribution in [3.63, 3.8) is 0 Å². The highest BCUT2D eigenvalue weighted by atomic mass is 15.1. The van der Waals surface area contributed by atoms with Crippen molar-refractivity contribution in [2.45, 2.75) is 117 Å². The van der Waals surface area contributed by atoms with Gasteiger partial charge in [0.2, 0.25) is 0 Å². The van der Waals surface area contributed by atoms with E-state index in [0.717, 1.165) is 0 Å². The molecule has 1 aromatic rings. The summed E-state index contributed by atoms with van der Waals surface area (Å²) in [5, 5.41) is 0. The Kier molecular flexibility index (Phi) is 12.9. The molecule has 140 valence electrons. The van der Waals surface area contributed by atoms with E-state index in [2.05, 4.69) is 42.4 Å². The first-order chi connectivity index (χ1) is 11.8. The average Bonchev–Trinajstić information content (AvgIpc) is 2.93. The zero-order valence-corrected chi connectivity index (χ0v) is 16.9. The van der Waals surface area contributed by atoms with Crippen LogP contribution in [0.5, 0.6) is 0 Å². The number of nitrogens with zero attached hydrogens (tertiary/aromatic N) is 2. The molecule has 24 heavy (non-hydrogen) atoms. The van der Waals surface area contributed by atoms with Crippen molar-refractivity contribution >= 4 is 0 Å². The molecule has 0 bridgehead atoms. The molecule has 2 heteroatoms. The maximum atomic E-state index is 2.50. The topological polar surface area (TPSA) is 8.81 Å². The first-order valence-corrected chi connectivity index (χ1v) is 10.8. The van der Waals surface area contributed by atoms with Gasteiger partial charge in [0.05, 0.1) is 13.6 Å². The van der Waals surface area contributed by atoms with E-state index in [0.29, 0.717) is 0 Å². The SMILES string of the molecule is CCCCCCCCCCC[n+]1ccn(C)c1CCCCCCC. The summed E-state index contributed by atoms with van der Waals surface area (Å²) in [5.41, 5.74) is 0. The minimum Gasteiger partial charge on any atom is -0.237 e. The summed E-state index contributed by atoms with van der Waals surface area (Å²) in [5.74, 6) is 1.52. The molecule has 0 radical (unpaired) electrons. The van der Waals surface area contributed by atoms with Gasteiger partial charge < -0.3 is 0 Å². The molecule has 0 N–H and O–H groups in total. The first kappa shape index (κ1) is 21.3. The van der Waals surface area contributed by atoms with Gasteiger partial charge in [0.15, 0.2) is 0 Å². The minimum absolute atomic E-state index is 1.21. The monoisotopic (exact) mass is 335 g/mol. The van der Waals surface area contributed by atoms with Crippen molar-refractivity contribution in [1.29, 1.82) is 0 Å². The summed E-state index contributed by atoms with van der Waals surface area (Å²) < 4.78 is 4.83. The normalized spacial score (nSPS) is 11.3. The molecule has 2 nitrogen and oxygen atoms in total. The molecule has 1 heterocycles. The summed E-state index contributed by atoms with van der Waals surface area (Å²) in [4.78, 5) is 0. The van der Waals surface area contributed by atoms with Crippen LogP contribution >= 0.6 is 0 Å². The number of aryl methyl sites for hydroxylation is 2. The Labute approximate surface area is 151 Å². The number of rotatable bonds is 16. The number of aromatic nitrogens is 2. The fourth-order valence-electron chi connectivity index (χ4n) is 3.56. The van der Waals surface area contributed by atoms with Gasteiger partial charge in [-0.15, -0.1) is 0 Å². The zero-order valence-electron chi connectivity index (χ0n) is 16.9. The van der Waals surface area contributed by atoms with Crippen LogP contribution in [0.1, 0.15) is 110 Å². The molecule has 0 saturated carbocycles. The highest BCUT2D eigenvalue weighted by Crippen LogP contribution is 2.10. The van der Waals surface area contributed by atoms with Crippen LogP contribution in [0.15, 0.2) is 12.4 Å². The van der Waals surface area contributed by atoms with Gasteiger partial charge in [-0.2, -0.15) is 0 Å². The highest BCUT2D eigenvalue weighted by Gasteiger charge is 2.13.